The van der Waals surface area contributed by atoms with Crippen molar-refractivity contribution < 1.29 is 14.6 Å². The Morgan fingerprint density at radius 1 is 1.15 bits per heavy atom. The van der Waals surface area contributed by atoms with Gasteiger partial charge in [0.1, 0.15) is 0 Å². The highest BCUT2D eigenvalue weighted by Gasteiger charge is 2.31. The lowest BCUT2D eigenvalue weighted by atomic mass is 9.78. The number of aliphatic hydroxyl groups is 1. The molecule has 3 nitrogen and oxygen atoms in total. The van der Waals surface area contributed by atoms with Gasteiger partial charge in [0, 0.05) is 0 Å². The Morgan fingerprint density at radius 2 is 1.79 bits per heavy atom. The first-order valence-corrected chi connectivity index (χ1v) is 13.3. The Balaban J connectivity index is 0.000000484. The molecule has 0 fully saturated rings. The summed E-state index contributed by atoms with van der Waals surface area (Å²) in [5.41, 5.74) is 5.28. The second-order valence-corrected chi connectivity index (χ2v) is 11.1. The summed E-state index contributed by atoms with van der Waals surface area (Å²) in [6.45, 7) is 22.1. The van der Waals surface area contributed by atoms with Crippen LogP contribution in [0.3, 0.4) is 0 Å². The van der Waals surface area contributed by atoms with Crippen LogP contribution in [0.25, 0.3) is 0 Å². The van der Waals surface area contributed by atoms with Crippen molar-refractivity contribution in [3.8, 4) is 0 Å². The summed E-state index contributed by atoms with van der Waals surface area (Å²) in [5.74, 6) is 1.78. The van der Waals surface area contributed by atoms with Crippen molar-refractivity contribution in [2.75, 3.05) is 6.61 Å². The van der Waals surface area contributed by atoms with E-state index in [1.165, 1.54) is 42.4 Å². The van der Waals surface area contributed by atoms with E-state index >= 15 is 0 Å². The van der Waals surface area contributed by atoms with Gasteiger partial charge in [-0.2, -0.15) is 0 Å². The third-order valence-electron chi connectivity index (χ3n) is 7.17. The Hall–Kier alpha value is -1.61. The second-order valence-electron chi connectivity index (χ2n) is 11.1. The number of hydrogen-bond acceptors (Lipinski definition) is 3. The minimum atomic E-state index is -0.417. The van der Waals surface area contributed by atoms with Crippen LogP contribution in [-0.4, -0.2) is 23.8 Å². The minimum Gasteiger partial charge on any atom is -0.468 e. The first-order chi connectivity index (χ1) is 15.9. The van der Waals surface area contributed by atoms with Gasteiger partial charge >= 0.3 is 0 Å². The molecule has 0 bridgehead atoms. The molecule has 3 unspecified atom stereocenters. The average molecular weight is 475 g/mol. The summed E-state index contributed by atoms with van der Waals surface area (Å²) in [6.07, 6.45) is 16.7. The topological polar surface area (TPSA) is 46.5 Å². The van der Waals surface area contributed by atoms with Crippen molar-refractivity contribution in [3.05, 3.63) is 47.1 Å². The molecule has 0 saturated carbocycles. The van der Waals surface area contributed by atoms with Gasteiger partial charge in [-0.15, -0.1) is 0 Å². The van der Waals surface area contributed by atoms with Crippen LogP contribution < -0.4 is 0 Å². The number of ether oxygens (including phenoxy) is 1. The van der Waals surface area contributed by atoms with Crippen molar-refractivity contribution in [2.45, 2.75) is 119 Å². The summed E-state index contributed by atoms with van der Waals surface area (Å²) < 4.78 is 4.64. The van der Waals surface area contributed by atoms with Gasteiger partial charge < -0.3 is 9.84 Å². The summed E-state index contributed by atoms with van der Waals surface area (Å²) in [7, 11) is 0. The molecule has 0 aromatic carbocycles. The van der Waals surface area contributed by atoms with E-state index in [2.05, 4.69) is 84.9 Å². The highest BCUT2D eigenvalue weighted by atomic mass is 16.5. The maximum atomic E-state index is 10.0. The van der Waals surface area contributed by atoms with E-state index in [0.29, 0.717) is 24.9 Å². The lowest BCUT2D eigenvalue weighted by molar-refractivity contribution is -0.129. The van der Waals surface area contributed by atoms with Crippen molar-refractivity contribution in [1.82, 2.24) is 0 Å². The van der Waals surface area contributed by atoms with Gasteiger partial charge in [-0.05, 0) is 110 Å². The predicted octanol–water partition coefficient (Wildman–Crippen LogP) is 8.74. The van der Waals surface area contributed by atoms with Crippen LogP contribution in [0.5, 0.6) is 0 Å². The molecule has 34 heavy (non-hydrogen) atoms. The fourth-order valence-electron chi connectivity index (χ4n) is 4.02. The monoisotopic (exact) mass is 474 g/mol. The number of carbonyl (C=O) groups is 1. The maximum Gasteiger partial charge on any atom is 0.293 e. The number of allylic oxidation sites excluding steroid dienone is 6. The van der Waals surface area contributed by atoms with Gasteiger partial charge in [0.15, 0.2) is 0 Å². The van der Waals surface area contributed by atoms with Crippen LogP contribution in [0.4, 0.5) is 0 Å². The third-order valence-corrected chi connectivity index (χ3v) is 7.17. The Labute approximate surface area is 211 Å². The molecule has 196 valence electrons. The molecule has 0 saturated heterocycles. The summed E-state index contributed by atoms with van der Waals surface area (Å²) in [5, 5.41) is 10.0. The third kappa shape index (κ3) is 15.3. The summed E-state index contributed by atoms with van der Waals surface area (Å²) >= 11 is 0. The summed E-state index contributed by atoms with van der Waals surface area (Å²) in [4.78, 5) is 9.86. The van der Waals surface area contributed by atoms with Crippen LogP contribution in [-0.2, 0) is 9.53 Å². The Bertz CT molecular complexity index is 679. The van der Waals surface area contributed by atoms with Gasteiger partial charge in [-0.1, -0.05) is 67.9 Å². The fraction of sp³-hybridized carbons (Fsp3) is 0.710. The molecule has 1 N–H and O–H groups in total. The van der Waals surface area contributed by atoms with Crippen molar-refractivity contribution in [3.63, 3.8) is 0 Å². The molecule has 2 aliphatic carbocycles. The lowest BCUT2D eigenvalue weighted by Crippen LogP contribution is -2.36. The fourth-order valence-corrected chi connectivity index (χ4v) is 4.02. The molecule has 0 spiro atoms. The minimum absolute atomic E-state index is 0.381. The normalized spacial score (nSPS) is 22.6. The molecule has 0 heterocycles. The van der Waals surface area contributed by atoms with Crippen molar-refractivity contribution in [1.29, 1.82) is 0 Å². The molecular formula is C31H54O3. The zero-order valence-electron chi connectivity index (χ0n) is 23.6. The van der Waals surface area contributed by atoms with Gasteiger partial charge in [0.2, 0.25) is 0 Å². The number of carbonyl (C=O) groups excluding carboxylic acids is 1. The van der Waals surface area contributed by atoms with Gasteiger partial charge in [-0.25, -0.2) is 0 Å². The average Bonchev–Trinajstić information content (AvgIpc) is 2.77. The first kappa shape index (κ1) is 32.4. The van der Waals surface area contributed by atoms with E-state index in [0.717, 1.165) is 38.0 Å². The van der Waals surface area contributed by atoms with Gasteiger partial charge in [-0.3, -0.25) is 4.79 Å². The van der Waals surface area contributed by atoms with Crippen molar-refractivity contribution in [2.24, 2.45) is 17.8 Å². The highest BCUT2D eigenvalue weighted by molar-refractivity contribution is 5.36. The molecule has 3 atom stereocenters. The molecule has 3 heteroatoms. The molecule has 2 aliphatic rings. The largest absolute Gasteiger partial charge is 0.468 e. The molecule has 2 rings (SSSR count). The molecular weight excluding hydrogens is 420 g/mol. The summed E-state index contributed by atoms with van der Waals surface area (Å²) in [6, 6.07) is 0. The van der Waals surface area contributed by atoms with Crippen LogP contribution >= 0.6 is 0 Å². The standard InChI is InChI=1S/C11H20O2.C10H18O.C10H16/c1-10(2)5-4-6-11(3)7-8-13-9-12;1-8(2)10(11)6-4-9(3)5-7-10;1-8(2)10-6-4-9(3)5-7-10/h5,9,11H,4,6-8H2,1-3H3;4,8,11H,5-7H2,1-3H3;4,10H,1,5-7H2,2-3H3. The van der Waals surface area contributed by atoms with Crippen molar-refractivity contribution >= 4 is 6.47 Å². The number of hydrogen-bond donors (Lipinski definition) is 1. The van der Waals surface area contributed by atoms with E-state index in [-0.39, 0.29) is 0 Å². The smallest absolute Gasteiger partial charge is 0.293 e. The first-order valence-electron chi connectivity index (χ1n) is 13.3. The highest BCUT2D eigenvalue weighted by Crippen LogP contribution is 2.33. The zero-order chi connectivity index (χ0) is 26.1. The molecule has 0 aromatic rings. The Kier molecular flexibility index (Phi) is 16.9. The van der Waals surface area contributed by atoms with Crippen LogP contribution in [0, 0.1) is 17.8 Å². The zero-order valence-corrected chi connectivity index (χ0v) is 23.6. The molecule has 0 radical (unpaired) electrons. The van der Waals surface area contributed by atoms with E-state index in [9.17, 15) is 9.90 Å². The second kappa shape index (κ2) is 17.8. The number of rotatable bonds is 9. The predicted molar refractivity (Wildman–Crippen MR) is 148 cm³/mol. The van der Waals surface area contributed by atoms with Gasteiger partial charge in [0.05, 0.1) is 12.2 Å². The van der Waals surface area contributed by atoms with E-state index in [4.69, 9.17) is 0 Å². The van der Waals surface area contributed by atoms with E-state index in [1.54, 1.807) is 5.57 Å². The van der Waals surface area contributed by atoms with E-state index in [1.807, 2.05) is 0 Å². The van der Waals surface area contributed by atoms with E-state index < -0.39 is 5.60 Å². The molecule has 0 aromatic heterocycles. The lowest BCUT2D eigenvalue weighted by Gasteiger charge is -2.34. The van der Waals surface area contributed by atoms with Crippen LogP contribution in [0.15, 0.2) is 47.1 Å². The molecule has 0 amide bonds. The quantitative estimate of drug-likeness (QED) is 0.206. The maximum absolute atomic E-state index is 10.0. The SMILES string of the molecule is C=C(C)C1CC=C(C)CC1.CC(C)=CCCC(C)CCOC=O.CC1=CCC(O)(C(C)C)CC1. The molecule has 0 aliphatic heterocycles. The van der Waals surface area contributed by atoms with Gasteiger partial charge in [0.25, 0.3) is 6.47 Å². The van der Waals surface area contributed by atoms with Crippen LogP contribution in [0.1, 0.15) is 113 Å². The van der Waals surface area contributed by atoms with Crippen LogP contribution in [0.2, 0.25) is 0 Å². The Morgan fingerprint density at radius 3 is 2.24 bits per heavy atom.